The van der Waals surface area contributed by atoms with E-state index in [1.807, 2.05) is 0 Å². The zero-order valence-corrected chi connectivity index (χ0v) is 17.5. The Labute approximate surface area is 186 Å². The van der Waals surface area contributed by atoms with E-state index in [1.54, 1.807) is 47.0 Å². The molecule has 0 aliphatic heterocycles. The number of hydrogen-bond donors (Lipinski definition) is 1. The van der Waals surface area contributed by atoms with Crippen molar-refractivity contribution < 1.29 is 27.2 Å². The van der Waals surface area contributed by atoms with E-state index in [1.165, 1.54) is 24.3 Å². The van der Waals surface area contributed by atoms with Crippen molar-refractivity contribution in [3.8, 4) is 0 Å². The number of benzene rings is 2. The van der Waals surface area contributed by atoms with Crippen LogP contribution < -0.4 is 5.32 Å². The van der Waals surface area contributed by atoms with Crippen LogP contribution in [-0.2, 0) is 17.5 Å². The average molecular weight is 456 g/mol. The standard InChI is InChI=1S/C23H19F3N4O3/c1-29(21(32)15-6-3-2-4-7-15)14-20(31)28-22-27-18-12-16(23(24,25)26)9-10-19(18)30(22)13-17-8-5-11-33-17/h2-12H,13-14H2,1H3,(H,27,28,31). The number of carbonyl (C=O) groups excluding carboxylic acids is 2. The SMILES string of the molecule is CN(CC(=O)Nc1nc2cc(C(F)(F)F)ccc2n1Cc1ccco1)C(=O)c1ccccc1. The molecule has 0 unspecified atom stereocenters. The smallest absolute Gasteiger partial charge is 0.416 e. The molecule has 0 aliphatic carbocycles. The van der Waals surface area contributed by atoms with Gasteiger partial charge in [-0.05, 0) is 42.5 Å². The first kappa shape index (κ1) is 22.1. The minimum absolute atomic E-state index is 0.0475. The number of nitrogens with one attached hydrogen (secondary N) is 1. The van der Waals surface area contributed by atoms with Gasteiger partial charge in [0.2, 0.25) is 11.9 Å². The molecule has 4 aromatic rings. The van der Waals surface area contributed by atoms with Crippen LogP contribution in [0.15, 0.2) is 71.3 Å². The monoisotopic (exact) mass is 456 g/mol. The van der Waals surface area contributed by atoms with Gasteiger partial charge in [0.05, 0.1) is 35.9 Å². The number of nitrogens with zero attached hydrogens (tertiary/aromatic N) is 3. The summed E-state index contributed by atoms with van der Waals surface area (Å²) in [6.45, 7) is -0.130. The molecule has 33 heavy (non-hydrogen) atoms. The molecule has 0 fully saturated rings. The van der Waals surface area contributed by atoms with Crippen molar-refractivity contribution in [2.24, 2.45) is 0 Å². The third-order valence-electron chi connectivity index (χ3n) is 4.97. The lowest BCUT2D eigenvalue weighted by molar-refractivity contribution is -0.137. The molecule has 2 aromatic heterocycles. The zero-order chi connectivity index (χ0) is 23.6. The molecule has 10 heteroatoms. The quantitative estimate of drug-likeness (QED) is 0.466. The van der Waals surface area contributed by atoms with Gasteiger partial charge >= 0.3 is 6.18 Å². The highest BCUT2D eigenvalue weighted by Gasteiger charge is 2.31. The predicted molar refractivity (Wildman–Crippen MR) is 115 cm³/mol. The fourth-order valence-electron chi connectivity index (χ4n) is 3.37. The predicted octanol–water partition coefficient (Wildman–Crippen LogP) is 4.41. The minimum Gasteiger partial charge on any atom is -0.467 e. The molecule has 0 bridgehead atoms. The van der Waals surface area contributed by atoms with Crippen LogP contribution in [0.25, 0.3) is 11.0 Å². The van der Waals surface area contributed by atoms with Crippen molar-refractivity contribution in [3.05, 3.63) is 83.8 Å². The van der Waals surface area contributed by atoms with E-state index >= 15 is 0 Å². The van der Waals surface area contributed by atoms with E-state index in [2.05, 4.69) is 10.3 Å². The minimum atomic E-state index is -4.52. The van der Waals surface area contributed by atoms with Gasteiger partial charge in [0.25, 0.3) is 5.91 Å². The van der Waals surface area contributed by atoms with E-state index in [4.69, 9.17) is 4.42 Å². The largest absolute Gasteiger partial charge is 0.467 e. The third-order valence-corrected chi connectivity index (χ3v) is 4.97. The van der Waals surface area contributed by atoms with Crippen molar-refractivity contribution in [2.75, 3.05) is 18.9 Å². The summed E-state index contributed by atoms with van der Waals surface area (Å²) in [7, 11) is 1.48. The summed E-state index contributed by atoms with van der Waals surface area (Å²) in [4.78, 5) is 30.6. The van der Waals surface area contributed by atoms with Crippen molar-refractivity contribution in [1.82, 2.24) is 14.5 Å². The Kier molecular flexibility index (Phi) is 5.91. The normalized spacial score (nSPS) is 11.5. The van der Waals surface area contributed by atoms with E-state index in [0.717, 1.165) is 12.1 Å². The summed E-state index contributed by atoms with van der Waals surface area (Å²) in [5.74, 6) is -0.314. The lowest BCUT2D eigenvalue weighted by atomic mass is 10.2. The van der Waals surface area contributed by atoms with Crippen molar-refractivity contribution in [1.29, 1.82) is 0 Å². The molecule has 0 radical (unpaired) electrons. The molecule has 0 saturated heterocycles. The number of halogens is 3. The van der Waals surface area contributed by atoms with Gasteiger partial charge in [0.1, 0.15) is 5.76 Å². The van der Waals surface area contributed by atoms with Crippen molar-refractivity contribution in [3.63, 3.8) is 0 Å². The van der Waals surface area contributed by atoms with Gasteiger partial charge in [-0.25, -0.2) is 4.98 Å². The fourth-order valence-corrected chi connectivity index (χ4v) is 3.37. The first-order chi connectivity index (χ1) is 15.7. The van der Waals surface area contributed by atoms with Crippen LogP contribution in [0.4, 0.5) is 19.1 Å². The van der Waals surface area contributed by atoms with Gasteiger partial charge in [-0.3, -0.25) is 14.9 Å². The van der Waals surface area contributed by atoms with Crippen molar-refractivity contribution >= 4 is 28.8 Å². The number of aromatic nitrogens is 2. The molecule has 7 nitrogen and oxygen atoms in total. The maximum atomic E-state index is 13.1. The number of carbonyl (C=O) groups is 2. The summed E-state index contributed by atoms with van der Waals surface area (Å²) in [6.07, 6.45) is -3.05. The third kappa shape index (κ3) is 4.89. The number of furan rings is 1. The fraction of sp³-hybridized carbons (Fsp3) is 0.174. The van der Waals surface area contributed by atoms with E-state index < -0.39 is 17.6 Å². The van der Waals surface area contributed by atoms with E-state index in [0.29, 0.717) is 16.8 Å². The number of amides is 2. The van der Waals surface area contributed by atoms with Gasteiger partial charge in [-0.15, -0.1) is 0 Å². The van der Waals surface area contributed by atoms with Gasteiger partial charge in [0.15, 0.2) is 0 Å². The Morgan fingerprint density at radius 1 is 1.09 bits per heavy atom. The highest BCUT2D eigenvalue weighted by atomic mass is 19.4. The van der Waals surface area contributed by atoms with Gasteiger partial charge in [-0.2, -0.15) is 13.2 Å². The number of anilines is 1. The van der Waals surface area contributed by atoms with Gasteiger partial charge in [0, 0.05) is 12.6 Å². The molecule has 170 valence electrons. The molecule has 1 N–H and O–H groups in total. The summed E-state index contributed by atoms with van der Waals surface area (Å²) in [6, 6.07) is 15.0. The topological polar surface area (TPSA) is 80.4 Å². The van der Waals surface area contributed by atoms with Crippen LogP contribution >= 0.6 is 0 Å². The molecular formula is C23H19F3N4O3. The number of alkyl halides is 3. The Hall–Kier alpha value is -4.08. The summed E-state index contributed by atoms with van der Waals surface area (Å²) in [5, 5.41) is 2.60. The molecular weight excluding hydrogens is 437 g/mol. The molecule has 0 aliphatic rings. The van der Waals surface area contributed by atoms with Crippen LogP contribution in [0, 0.1) is 0 Å². The second-order valence-corrected chi connectivity index (χ2v) is 7.38. The average Bonchev–Trinajstić information content (AvgIpc) is 3.41. The van der Waals surface area contributed by atoms with Gasteiger partial charge in [-0.1, -0.05) is 18.2 Å². The lowest BCUT2D eigenvalue weighted by Crippen LogP contribution is -2.35. The second kappa shape index (κ2) is 8.81. The lowest BCUT2D eigenvalue weighted by Gasteiger charge is -2.17. The number of hydrogen-bond acceptors (Lipinski definition) is 4. The first-order valence-corrected chi connectivity index (χ1v) is 9.92. The number of likely N-dealkylation sites (N-methyl/N-ethyl adjacent to an activating group) is 1. The van der Waals surface area contributed by atoms with Crippen LogP contribution in [0.2, 0.25) is 0 Å². The molecule has 2 aromatic carbocycles. The molecule has 0 atom stereocenters. The van der Waals surface area contributed by atoms with Crippen LogP contribution in [0.3, 0.4) is 0 Å². The molecule has 0 spiro atoms. The highest BCUT2D eigenvalue weighted by Crippen LogP contribution is 2.32. The van der Waals surface area contributed by atoms with Crippen LogP contribution in [0.5, 0.6) is 0 Å². The van der Waals surface area contributed by atoms with E-state index in [-0.39, 0.29) is 30.5 Å². The maximum Gasteiger partial charge on any atom is 0.416 e. The Bertz CT molecular complexity index is 1280. The van der Waals surface area contributed by atoms with Gasteiger partial charge < -0.3 is 13.9 Å². The highest BCUT2D eigenvalue weighted by molar-refractivity contribution is 5.99. The first-order valence-electron chi connectivity index (χ1n) is 9.92. The molecule has 0 saturated carbocycles. The summed E-state index contributed by atoms with van der Waals surface area (Å²) >= 11 is 0. The molecule has 4 rings (SSSR count). The Morgan fingerprint density at radius 3 is 2.52 bits per heavy atom. The molecule has 2 heterocycles. The van der Waals surface area contributed by atoms with Crippen LogP contribution in [-0.4, -0.2) is 39.9 Å². The summed E-state index contributed by atoms with van der Waals surface area (Å²) in [5.41, 5.74) is 0.0464. The van der Waals surface area contributed by atoms with Crippen molar-refractivity contribution in [2.45, 2.75) is 12.7 Å². The second-order valence-electron chi connectivity index (χ2n) is 7.38. The number of fused-ring (bicyclic) bond motifs is 1. The van der Waals surface area contributed by atoms with Crippen LogP contribution in [0.1, 0.15) is 21.7 Å². The Balaban J connectivity index is 1.60. The zero-order valence-electron chi connectivity index (χ0n) is 17.5. The van der Waals surface area contributed by atoms with E-state index in [9.17, 15) is 22.8 Å². The summed E-state index contributed by atoms with van der Waals surface area (Å²) < 4.78 is 46.3. The molecule has 2 amide bonds. The number of imidazole rings is 1. The Morgan fingerprint density at radius 2 is 1.85 bits per heavy atom. The number of rotatable bonds is 6. The maximum absolute atomic E-state index is 13.1.